The fourth-order valence-corrected chi connectivity index (χ4v) is 2.29. The summed E-state index contributed by atoms with van der Waals surface area (Å²) in [6.45, 7) is 6.45. The summed E-state index contributed by atoms with van der Waals surface area (Å²) in [5.41, 5.74) is 7.07. The van der Waals surface area contributed by atoms with Gasteiger partial charge in [-0.1, -0.05) is 70.7 Å². The Kier molecular flexibility index (Phi) is 9.51. The molecule has 1 rings (SSSR count). The number of nitrogens with one attached hydrogen (secondary N) is 2. The minimum atomic E-state index is -0.331. The zero-order valence-electron chi connectivity index (χ0n) is 15.1. The number of hydrogen-bond acceptors (Lipinski definition) is 2. The predicted molar refractivity (Wildman–Crippen MR) is 99.2 cm³/mol. The molecule has 0 aliphatic rings. The molecular formula is C20H30N2O2. The van der Waals surface area contributed by atoms with Crippen LogP contribution in [0.3, 0.4) is 0 Å². The van der Waals surface area contributed by atoms with Crippen LogP contribution < -0.4 is 10.9 Å². The van der Waals surface area contributed by atoms with Crippen LogP contribution in [0.2, 0.25) is 0 Å². The van der Waals surface area contributed by atoms with Crippen molar-refractivity contribution in [2.75, 3.05) is 0 Å². The molecule has 0 bridgehead atoms. The van der Waals surface area contributed by atoms with Crippen LogP contribution in [0.1, 0.15) is 76.3 Å². The molecule has 24 heavy (non-hydrogen) atoms. The van der Waals surface area contributed by atoms with Crippen LogP contribution in [-0.2, 0) is 9.59 Å². The van der Waals surface area contributed by atoms with E-state index < -0.39 is 0 Å². The standard InChI is InChI=1S/C20H30N2O2/c1-4-5-6-7-8-9-19(23)21-22-20(24)15-12-17-10-13-18(14-11-17)16(2)3/h10-16H,4-9H2,1-3H3,(H,21,23)(H,22,24). The fraction of sp³-hybridized carbons (Fsp3) is 0.500. The lowest BCUT2D eigenvalue weighted by Gasteiger charge is -2.06. The van der Waals surface area contributed by atoms with Gasteiger partial charge >= 0.3 is 0 Å². The number of unbranched alkanes of at least 4 members (excludes halogenated alkanes) is 4. The Labute approximate surface area is 145 Å². The molecule has 0 radical (unpaired) electrons. The molecule has 0 aliphatic heterocycles. The zero-order chi connectivity index (χ0) is 17.8. The maximum Gasteiger partial charge on any atom is 0.262 e. The van der Waals surface area contributed by atoms with Gasteiger partial charge in [-0.25, -0.2) is 0 Å². The summed E-state index contributed by atoms with van der Waals surface area (Å²) in [6, 6.07) is 8.08. The molecule has 0 atom stereocenters. The summed E-state index contributed by atoms with van der Waals surface area (Å²) in [5.74, 6) is 0.0142. The molecule has 0 aliphatic carbocycles. The van der Waals surface area contributed by atoms with Crippen molar-refractivity contribution < 1.29 is 9.59 Å². The Balaban J connectivity index is 2.26. The molecule has 2 amide bonds. The minimum absolute atomic E-state index is 0.144. The van der Waals surface area contributed by atoms with Gasteiger partial charge in [0.15, 0.2) is 0 Å². The highest BCUT2D eigenvalue weighted by atomic mass is 16.2. The van der Waals surface area contributed by atoms with Crippen LogP contribution in [0.5, 0.6) is 0 Å². The number of benzene rings is 1. The highest BCUT2D eigenvalue weighted by Gasteiger charge is 2.02. The molecule has 4 heteroatoms. The summed E-state index contributed by atoms with van der Waals surface area (Å²) in [6.07, 6.45) is 9.08. The second kappa shape index (κ2) is 11.4. The lowest BCUT2D eigenvalue weighted by atomic mass is 10.0. The third-order valence-electron chi connectivity index (χ3n) is 3.86. The average molecular weight is 330 g/mol. The van der Waals surface area contributed by atoms with E-state index in [0.717, 1.165) is 24.8 Å². The van der Waals surface area contributed by atoms with Crippen molar-refractivity contribution in [1.29, 1.82) is 0 Å². The maximum atomic E-state index is 11.7. The monoisotopic (exact) mass is 330 g/mol. The molecule has 1 aromatic carbocycles. The van der Waals surface area contributed by atoms with Crippen molar-refractivity contribution in [1.82, 2.24) is 10.9 Å². The Hall–Kier alpha value is -2.10. The van der Waals surface area contributed by atoms with E-state index in [9.17, 15) is 9.59 Å². The number of rotatable bonds is 9. The first-order valence-corrected chi connectivity index (χ1v) is 8.89. The van der Waals surface area contributed by atoms with E-state index in [2.05, 4.69) is 43.8 Å². The van der Waals surface area contributed by atoms with E-state index in [4.69, 9.17) is 0 Å². The second-order valence-electron chi connectivity index (χ2n) is 6.36. The van der Waals surface area contributed by atoms with Crippen LogP contribution in [0.25, 0.3) is 6.08 Å². The van der Waals surface area contributed by atoms with Gasteiger partial charge in [0.2, 0.25) is 5.91 Å². The highest BCUT2D eigenvalue weighted by Crippen LogP contribution is 2.15. The molecule has 2 N–H and O–H groups in total. The molecule has 132 valence electrons. The smallest absolute Gasteiger partial charge is 0.262 e. The van der Waals surface area contributed by atoms with Gasteiger partial charge < -0.3 is 0 Å². The van der Waals surface area contributed by atoms with Gasteiger partial charge in [0.1, 0.15) is 0 Å². The summed E-state index contributed by atoms with van der Waals surface area (Å²) in [7, 11) is 0. The average Bonchev–Trinajstić information content (AvgIpc) is 2.58. The topological polar surface area (TPSA) is 58.2 Å². The van der Waals surface area contributed by atoms with Gasteiger partial charge in [-0.15, -0.1) is 0 Å². The number of amides is 2. The first-order chi connectivity index (χ1) is 11.5. The molecule has 0 spiro atoms. The van der Waals surface area contributed by atoms with Gasteiger partial charge in [-0.05, 0) is 29.5 Å². The molecule has 0 aromatic heterocycles. The van der Waals surface area contributed by atoms with Crippen LogP contribution >= 0.6 is 0 Å². The number of hydrogen-bond donors (Lipinski definition) is 2. The number of carbonyl (C=O) groups excluding carboxylic acids is 2. The first kappa shape index (κ1) is 19.9. The number of carbonyl (C=O) groups is 2. The van der Waals surface area contributed by atoms with Gasteiger partial charge in [-0.3, -0.25) is 20.4 Å². The van der Waals surface area contributed by atoms with E-state index >= 15 is 0 Å². The lowest BCUT2D eigenvalue weighted by molar-refractivity contribution is -0.126. The van der Waals surface area contributed by atoms with E-state index in [1.807, 2.05) is 12.1 Å². The minimum Gasteiger partial charge on any atom is -0.273 e. The first-order valence-electron chi connectivity index (χ1n) is 8.89. The summed E-state index contributed by atoms with van der Waals surface area (Å²) in [4.78, 5) is 23.3. The van der Waals surface area contributed by atoms with E-state index in [1.54, 1.807) is 6.08 Å². The predicted octanol–water partition coefficient (Wildman–Crippen LogP) is 4.33. The zero-order valence-corrected chi connectivity index (χ0v) is 15.1. The highest BCUT2D eigenvalue weighted by molar-refractivity contribution is 5.93. The Morgan fingerprint density at radius 3 is 2.29 bits per heavy atom. The van der Waals surface area contributed by atoms with Crippen molar-refractivity contribution >= 4 is 17.9 Å². The van der Waals surface area contributed by atoms with Gasteiger partial charge in [0.05, 0.1) is 0 Å². The molecule has 0 unspecified atom stereocenters. The molecule has 0 saturated carbocycles. The summed E-state index contributed by atoms with van der Waals surface area (Å²) >= 11 is 0. The third-order valence-corrected chi connectivity index (χ3v) is 3.86. The fourth-order valence-electron chi connectivity index (χ4n) is 2.29. The molecule has 1 aromatic rings. The SMILES string of the molecule is CCCCCCCC(=O)NNC(=O)C=Cc1ccc(C(C)C)cc1. The van der Waals surface area contributed by atoms with E-state index in [1.165, 1.54) is 24.5 Å². The maximum absolute atomic E-state index is 11.7. The van der Waals surface area contributed by atoms with Gasteiger partial charge in [0.25, 0.3) is 5.91 Å². The van der Waals surface area contributed by atoms with E-state index in [-0.39, 0.29) is 11.8 Å². The quantitative estimate of drug-likeness (QED) is 0.402. The van der Waals surface area contributed by atoms with Crippen LogP contribution in [-0.4, -0.2) is 11.8 Å². The van der Waals surface area contributed by atoms with Crippen molar-refractivity contribution in [2.45, 2.75) is 65.2 Å². The Morgan fingerprint density at radius 2 is 1.67 bits per heavy atom. The largest absolute Gasteiger partial charge is 0.273 e. The van der Waals surface area contributed by atoms with Gasteiger partial charge in [0, 0.05) is 12.5 Å². The molecular weight excluding hydrogens is 300 g/mol. The van der Waals surface area contributed by atoms with Crippen molar-refractivity contribution in [2.24, 2.45) is 0 Å². The number of hydrazine groups is 1. The lowest BCUT2D eigenvalue weighted by Crippen LogP contribution is -2.40. The molecule has 0 heterocycles. The molecule has 4 nitrogen and oxygen atoms in total. The van der Waals surface area contributed by atoms with Crippen molar-refractivity contribution in [3.63, 3.8) is 0 Å². The Morgan fingerprint density at radius 1 is 1.00 bits per heavy atom. The van der Waals surface area contributed by atoms with Crippen molar-refractivity contribution in [3.8, 4) is 0 Å². The van der Waals surface area contributed by atoms with Crippen LogP contribution in [0.4, 0.5) is 0 Å². The molecule has 0 saturated heterocycles. The second-order valence-corrected chi connectivity index (χ2v) is 6.36. The Bertz CT molecular complexity index is 533. The molecule has 0 fully saturated rings. The van der Waals surface area contributed by atoms with E-state index in [0.29, 0.717) is 12.3 Å². The van der Waals surface area contributed by atoms with Crippen LogP contribution in [0, 0.1) is 0 Å². The van der Waals surface area contributed by atoms with Crippen LogP contribution in [0.15, 0.2) is 30.3 Å². The summed E-state index contributed by atoms with van der Waals surface area (Å²) < 4.78 is 0. The summed E-state index contributed by atoms with van der Waals surface area (Å²) in [5, 5.41) is 0. The third kappa shape index (κ3) is 8.51. The van der Waals surface area contributed by atoms with Gasteiger partial charge in [-0.2, -0.15) is 0 Å². The van der Waals surface area contributed by atoms with Crippen molar-refractivity contribution in [3.05, 3.63) is 41.5 Å². The normalized spacial score (nSPS) is 11.0.